The molecule has 27 heavy (non-hydrogen) atoms. The molecule has 1 aliphatic heterocycles. The number of carbonyl (C=O) groups excluding carboxylic acids is 1. The number of amides is 1. The molecule has 0 radical (unpaired) electrons. The van der Waals surface area contributed by atoms with E-state index in [1.807, 2.05) is 0 Å². The van der Waals surface area contributed by atoms with Crippen LogP contribution in [0.5, 0.6) is 5.88 Å². The first kappa shape index (κ1) is 19.2. The summed E-state index contributed by atoms with van der Waals surface area (Å²) in [6.07, 6.45) is 2.91. The quantitative estimate of drug-likeness (QED) is 0.568. The topological polar surface area (TPSA) is 128 Å². The average molecular weight is 393 g/mol. The van der Waals surface area contributed by atoms with E-state index in [0.29, 0.717) is 17.1 Å². The van der Waals surface area contributed by atoms with Crippen molar-refractivity contribution in [2.45, 2.75) is 22.5 Å². The van der Waals surface area contributed by atoms with Crippen LogP contribution in [0.15, 0.2) is 41.6 Å². The van der Waals surface area contributed by atoms with E-state index in [-0.39, 0.29) is 31.0 Å². The Bertz CT molecular complexity index is 907. The second-order valence-electron chi connectivity index (χ2n) is 6.02. The lowest BCUT2D eigenvalue weighted by atomic mass is 9.98. The van der Waals surface area contributed by atoms with Crippen molar-refractivity contribution in [1.29, 1.82) is 0 Å². The van der Waals surface area contributed by atoms with Crippen LogP contribution in [-0.2, 0) is 19.4 Å². The van der Waals surface area contributed by atoms with Gasteiger partial charge in [0, 0.05) is 18.8 Å². The maximum Gasteiger partial charge on any atom is 0.265 e. The predicted octanol–water partition coefficient (Wildman–Crippen LogP) is 0.980. The Morgan fingerprint density at radius 2 is 1.85 bits per heavy atom. The Kier molecular flexibility index (Phi) is 5.40. The molecule has 2 heterocycles. The summed E-state index contributed by atoms with van der Waals surface area (Å²) in [7, 11) is -2.57. The van der Waals surface area contributed by atoms with Crippen molar-refractivity contribution in [2.24, 2.45) is 0 Å². The van der Waals surface area contributed by atoms with Crippen LogP contribution in [0, 0.1) is 0 Å². The molecule has 1 fully saturated rings. The predicted molar refractivity (Wildman–Crippen MR) is 93.9 cm³/mol. The average Bonchev–Trinajstić information content (AvgIpc) is 2.73. The molecule has 9 nitrogen and oxygen atoms in total. The van der Waals surface area contributed by atoms with Gasteiger partial charge >= 0.3 is 0 Å². The van der Waals surface area contributed by atoms with E-state index in [0.717, 1.165) is 0 Å². The summed E-state index contributed by atoms with van der Waals surface area (Å²) in [5, 5.41) is 9.07. The summed E-state index contributed by atoms with van der Waals surface area (Å²) in [5.74, 6) is -0.578. The number of rotatable bonds is 5. The fourth-order valence-electron chi connectivity index (χ4n) is 3.02. The van der Waals surface area contributed by atoms with Crippen LogP contribution < -0.4 is 10.2 Å². The highest BCUT2D eigenvalue weighted by atomic mass is 32.2. The van der Waals surface area contributed by atoms with Gasteiger partial charge in [-0.15, -0.1) is 0 Å². The van der Waals surface area contributed by atoms with Crippen molar-refractivity contribution in [3.05, 3.63) is 36.7 Å². The maximum atomic E-state index is 13.2. The van der Waals surface area contributed by atoms with Gasteiger partial charge in [0.15, 0.2) is 14.6 Å². The van der Waals surface area contributed by atoms with Crippen LogP contribution in [0.4, 0.5) is 0 Å². The molecule has 2 N–H and O–H groups in total. The summed E-state index contributed by atoms with van der Waals surface area (Å²) < 4.78 is 34.7. The van der Waals surface area contributed by atoms with E-state index in [9.17, 15) is 13.2 Å². The fourth-order valence-corrected chi connectivity index (χ4v) is 4.96. The smallest absolute Gasteiger partial charge is 0.265 e. The minimum atomic E-state index is -4.05. The van der Waals surface area contributed by atoms with Crippen molar-refractivity contribution in [3.8, 4) is 17.1 Å². The van der Waals surface area contributed by atoms with Crippen molar-refractivity contribution in [2.75, 3.05) is 20.3 Å². The van der Waals surface area contributed by atoms with E-state index >= 15 is 0 Å². The maximum absolute atomic E-state index is 13.2. The fraction of sp³-hybridized carbons (Fsp3) is 0.353. The third-order valence-electron chi connectivity index (χ3n) is 4.63. The normalized spacial score (nSPS) is 16.5. The third kappa shape index (κ3) is 3.38. The molecule has 1 aromatic carbocycles. The third-order valence-corrected chi connectivity index (χ3v) is 7.14. The van der Waals surface area contributed by atoms with Gasteiger partial charge in [0.1, 0.15) is 0 Å². The number of aromatic nitrogens is 2. The standard InChI is InChI=1S/C17H19N3O6S/c1-25-15-11-18-14(10-19-15)12-2-4-13(5-3-12)27(23,24)17(16(21)20-22)6-8-26-9-7-17/h2-5,10-11,22H,6-9H2,1H3,(H,20,21). The molecule has 0 saturated carbocycles. The van der Waals surface area contributed by atoms with Crippen molar-refractivity contribution in [3.63, 3.8) is 0 Å². The van der Waals surface area contributed by atoms with Gasteiger partial charge in [-0.2, -0.15) is 0 Å². The Morgan fingerprint density at radius 1 is 1.19 bits per heavy atom. The molecule has 1 aromatic heterocycles. The summed E-state index contributed by atoms with van der Waals surface area (Å²) in [6.45, 7) is 0.234. The van der Waals surface area contributed by atoms with Gasteiger partial charge in [-0.1, -0.05) is 12.1 Å². The highest BCUT2D eigenvalue weighted by Crippen LogP contribution is 2.35. The first-order valence-electron chi connectivity index (χ1n) is 8.18. The van der Waals surface area contributed by atoms with E-state index in [4.69, 9.17) is 14.7 Å². The highest BCUT2D eigenvalue weighted by molar-refractivity contribution is 7.93. The van der Waals surface area contributed by atoms with Gasteiger partial charge in [-0.25, -0.2) is 23.9 Å². The van der Waals surface area contributed by atoms with E-state index in [2.05, 4.69) is 9.97 Å². The lowest BCUT2D eigenvalue weighted by Crippen LogP contribution is -2.54. The summed E-state index contributed by atoms with van der Waals surface area (Å²) in [4.78, 5) is 20.5. The van der Waals surface area contributed by atoms with E-state index in [1.165, 1.54) is 37.1 Å². The molecule has 0 atom stereocenters. The largest absolute Gasteiger partial charge is 0.480 e. The molecule has 1 aliphatic rings. The molecule has 10 heteroatoms. The number of methoxy groups -OCH3 is 1. The van der Waals surface area contributed by atoms with Crippen molar-refractivity contribution < 1.29 is 27.9 Å². The Morgan fingerprint density at radius 3 is 2.37 bits per heavy atom. The summed E-state index contributed by atoms with van der Waals surface area (Å²) in [5.41, 5.74) is 2.71. The number of sulfone groups is 1. The lowest BCUT2D eigenvalue weighted by Gasteiger charge is -2.34. The van der Waals surface area contributed by atoms with Crippen LogP contribution in [-0.4, -0.2) is 54.6 Å². The SMILES string of the molecule is COc1cnc(-c2ccc(S(=O)(=O)C3(C(=O)NO)CCOCC3)cc2)cn1. The lowest BCUT2D eigenvalue weighted by molar-refractivity contribution is -0.134. The number of hydroxylamine groups is 1. The second kappa shape index (κ2) is 7.59. The highest BCUT2D eigenvalue weighted by Gasteiger charge is 2.52. The van der Waals surface area contributed by atoms with Gasteiger partial charge in [-0.05, 0) is 25.0 Å². The van der Waals surface area contributed by atoms with Crippen LogP contribution >= 0.6 is 0 Å². The number of nitrogens with zero attached hydrogens (tertiary/aromatic N) is 2. The van der Waals surface area contributed by atoms with Crippen LogP contribution in [0.2, 0.25) is 0 Å². The number of ether oxygens (including phenoxy) is 2. The zero-order valence-electron chi connectivity index (χ0n) is 14.6. The second-order valence-corrected chi connectivity index (χ2v) is 8.28. The molecule has 0 aliphatic carbocycles. The van der Waals surface area contributed by atoms with Crippen LogP contribution in [0.1, 0.15) is 12.8 Å². The number of hydrogen-bond donors (Lipinski definition) is 2. The summed E-state index contributed by atoms with van der Waals surface area (Å²) >= 11 is 0. The molecule has 144 valence electrons. The molecule has 0 unspecified atom stereocenters. The van der Waals surface area contributed by atoms with Gasteiger partial charge in [0.2, 0.25) is 5.88 Å². The monoisotopic (exact) mass is 393 g/mol. The molecular weight excluding hydrogens is 374 g/mol. The molecule has 1 saturated heterocycles. The van der Waals surface area contributed by atoms with Gasteiger partial charge in [0.25, 0.3) is 5.91 Å². The van der Waals surface area contributed by atoms with Gasteiger partial charge < -0.3 is 9.47 Å². The molecule has 2 aromatic rings. The number of carbonyl (C=O) groups is 1. The Hall–Kier alpha value is -2.56. The zero-order valence-corrected chi connectivity index (χ0v) is 15.4. The minimum Gasteiger partial charge on any atom is -0.480 e. The number of hydrogen-bond acceptors (Lipinski definition) is 8. The Labute approximate surface area is 156 Å². The van der Waals surface area contributed by atoms with Gasteiger partial charge in [0.05, 0.1) is 30.1 Å². The zero-order chi connectivity index (χ0) is 19.5. The van der Waals surface area contributed by atoms with Crippen molar-refractivity contribution in [1.82, 2.24) is 15.4 Å². The van der Waals surface area contributed by atoms with Crippen LogP contribution in [0.3, 0.4) is 0 Å². The first-order chi connectivity index (χ1) is 12.9. The van der Waals surface area contributed by atoms with E-state index < -0.39 is 20.5 Å². The van der Waals surface area contributed by atoms with Gasteiger partial charge in [-0.3, -0.25) is 10.0 Å². The molecular formula is C17H19N3O6S. The number of nitrogens with one attached hydrogen (secondary N) is 1. The number of benzene rings is 1. The summed E-state index contributed by atoms with van der Waals surface area (Å²) in [6, 6.07) is 6.01. The van der Waals surface area contributed by atoms with Crippen LogP contribution in [0.25, 0.3) is 11.3 Å². The van der Waals surface area contributed by atoms with E-state index in [1.54, 1.807) is 12.1 Å². The Balaban J connectivity index is 1.95. The molecule has 0 bridgehead atoms. The molecule has 0 spiro atoms. The molecule has 3 rings (SSSR count). The first-order valence-corrected chi connectivity index (χ1v) is 9.66. The van der Waals surface area contributed by atoms with Crippen molar-refractivity contribution >= 4 is 15.7 Å². The molecule has 1 amide bonds. The minimum absolute atomic E-state index is 0.0155.